The highest BCUT2D eigenvalue weighted by Gasteiger charge is 2.79. The van der Waals surface area contributed by atoms with Gasteiger partial charge < -0.3 is 30.6 Å². The molecule has 6 N–H and O–H groups in total. The van der Waals surface area contributed by atoms with E-state index in [9.17, 15) is 30.6 Å². The molecule has 38 heavy (non-hydrogen) atoms. The van der Waals surface area contributed by atoms with Gasteiger partial charge in [0.2, 0.25) is 0 Å². The standard InChI is InChI=1S/C32H36O6/c1-29-23-5-17(11-33)19(13-35)7-25(23)30(2)27-9-21(15-37)22(16-38)10-28(27)31(3,32(29,30)4)26-8-20(14-36)18(12-34)6-24(26)29/h5-10,33-38H,11-16H2,1-4H3. The molecule has 0 unspecified atom stereocenters. The molecular weight excluding hydrogens is 480 g/mol. The Balaban J connectivity index is 1.86. The Kier molecular flexibility index (Phi) is 5.39. The van der Waals surface area contributed by atoms with Crippen molar-refractivity contribution in [3.05, 3.63) is 103 Å². The van der Waals surface area contributed by atoms with Gasteiger partial charge in [0.25, 0.3) is 0 Å². The van der Waals surface area contributed by atoms with Crippen LogP contribution in [-0.4, -0.2) is 30.6 Å². The SMILES string of the molecule is CC12c3cc(CO)c(CO)cc3C3(C)c4cc(CO)c(CO)cc4C(C)(c4cc(CO)c(CO)cc41)C23C. The zero-order valence-corrected chi connectivity index (χ0v) is 22.4. The normalized spacial score (nSPS) is 29.8. The van der Waals surface area contributed by atoms with Crippen molar-refractivity contribution < 1.29 is 30.6 Å². The highest BCUT2D eigenvalue weighted by Crippen LogP contribution is 2.82. The molecule has 0 bridgehead atoms. The first-order valence-corrected chi connectivity index (χ1v) is 13.2. The summed E-state index contributed by atoms with van der Waals surface area (Å²) < 4.78 is 0. The quantitative estimate of drug-likeness (QED) is 0.300. The van der Waals surface area contributed by atoms with E-state index in [0.717, 1.165) is 33.4 Å². The van der Waals surface area contributed by atoms with Gasteiger partial charge in [-0.2, -0.15) is 0 Å². The molecule has 0 heterocycles. The monoisotopic (exact) mass is 516 g/mol. The van der Waals surface area contributed by atoms with Crippen LogP contribution in [0.1, 0.15) is 94.5 Å². The van der Waals surface area contributed by atoms with E-state index in [0.29, 0.717) is 33.4 Å². The smallest absolute Gasteiger partial charge is 0.0685 e. The van der Waals surface area contributed by atoms with Gasteiger partial charge in [-0.25, -0.2) is 0 Å². The third kappa shape index (κ3) is 2.42. The maximum Gasteiger partial charge on any atom is 0.0685 e. The number of fused-ring (bicyclic) bond motifs is 9. The summed E-state index contributed by atoms with van der Waals surface area (Å²) in [7, 11) is 0. The molecule has 3 aromatic rings. The Morgan fingerprint density at radius 3 is 0.658 bits per heavy atom. The van der Waals surface area contributed by atoms with Gasteiger partial charge >= 0.3 is 0 Å². The number of hydrogen-bond acceptors (Lipinski definition) is 6. The van der Waals surface area contributed by atoms with Crippen LogP contribution in [0.25, 0.3) is 0 Å². The molecule has 0 aliphatic heterocycles. The lowest BCUT2D eigenvalue weighted by Gasteiger charge is -2.49. The minimum Gasteiger partial charge on any atom is -0.392 e. The van der Waals surface area contributed by atoms with Gasteiger partial charge in [0.1, 0.15) is 0 Å². The first-order chi connectivity index (χ1) is 18.1. The predicted molar refractivity (Wildman–Crippen MR) is 142 cm³/mol. The molecule has 0 saturated carbocycles. The number of rotatable bonds is 6. The van der Waals surface area contributed by atoms with E-state index >= 15 is 0 Å². The molecule has 0 atom stereocenters. The second-order valence-corrected chi connectivity index (χ2v) is 11.9. The van der Waals surface area contributed by atoms with Gasteiger partial charge in [-0.1, -0.05) is 64.1 Å². The Morgan fingerprint density at radius 1 is 0.368 bits per heavy atom. The molecule has 3 aromatic carbocycles. The van der Waals surface area contributed by atoms with Crippen LogP contribution in [0.15, 0.2) is 36.4 Å². The summed E-state index contributed by atoms with van der Waals surface area (Å²) >= 11 is 0. The third-order valence-electron chi connectivity index (χ3n) is 11.3. The Labute approximate surface area is 222 Å². The largest absolute Gasteiger partial charge is 0.392 e. The summed E-state index contributed by atoms with van der Waals surface area (Å²) in [6, 6.07) is 12.2. The Bertz CT molecular complexity index is 1230. The van der Waals surface area contributed by atoms with E-state index in [-0.39, 0.29) is 39.6 Å². The molecule has 200 valence electrons. The van der Waals surface area contributed by atoms with Gasteiger partial charge in [-0.05, 0) is 66.8 Å². The second kappa shape index (κ2) is 7.98. The third-order valence-corrected chi connectivity index (χ3v) is 11.3. The summed E-state index contributed by atoms with van der Waals surface area (Å²) in [5.74, 6) is 0. The predicted octanol–water partition coefficient (Wildman–Crippen LogP) is 2.91. The van der Waals surface area contributed by atoms with E-state index < -0.39 is 21.7 Å². The minimum absolute atomic E-state index is 0.187. The first kappa shape index (κ1) is 25.7. The van der Waals surface area contributed by atoms with Crippen molar-refractivity contribution in [2.24, 2.45) is 5.41 Å². The molecule has 0 radical (unpaired) electrons. The number of aliphatic hydroxyl groups is 6. The fourth-order valence-electron chi connectivity index (χ4n) is 8.98. The van der Waals surface area contributed by atoms with Crippen LogP contribution in [0.5, 0.6) is 0 Å². The lowest BCUT2D eigenvalue weighted by atomic mass is 9.52. The van der Waals surface area contributed by atoms with E-state index in [1.165, 1.54) is 0 Å². The molecule has 3 aliphatic rings. The average Bonchev–Trinajstić information content (AvgIpc) is 3.29. The molecule has 0 aromatic heterocycles. The topological polar surface area (TPSA) is 121 Å². The summed E-state index contributed by atoms with van der Waals surface area (Å²) in [4.78, 5) is 0. The number of benzene rings is 3. The molecule has 0 fully saturated rings. The zero-order chi connectivity index (χ0) is 27.4. The van der Waals surface area contributed by atoms with Crippen molar-refractivity contribution in [2.45, 2.75) is 83.6 Å². The maximum atomic E-state index is 10.2. The lowest BCUT2D eigenvalue weighted by Crippen LogP contribution is -2.51. The summed E-state index contributed by atoms with van der Waals surface area (Å²) in [6.07, 6.45) is 0. The minimum atomic E-state index is -0.547. The van der Waals surface area contributed by atoms with Crippen molar-refractivity contribution in [1.29, 1.82) is 0 Å². The molecular formula is C32H36O6. The number of aliphatic hydroxyl groups excluding tert-OH is 6. The average molecular weight is 517 g/mol. The molecule has 0 amide bonds. The van der Waals surface area contributed by atoms with Crippen molar-refractivity contribution in [1.82, 2.24) is 0 Å². The fourth-order valence-corrected chi connectivity index (χ4v) is 8.98. The lowest BCUT2D eigenvalue weighted by molar-refractivity contribution is 0.0995. The fraction of sp³-hybridized carbons (Fsp3) is 0.438. The molecule has 0 saturated heterocycles. The highest BCUT2D eigenvalue weighted by atomic mass is 16.3. The van der Waals surface area contributed by atoms with Gasteiger partial charge in [0.05, 0.1) is 39.6 Å². The Morgan fingerprint density at radius 2 is 0.526 bits per heavy atom. The van der Waals surface area contributed by atoms with Crippen molar-refractivity contribution in [2.75, 3.05) is 0 Å². The molecule has 3 aliphatic carbocycles. The molecule has 6 nitrogen and oxygen atoms in total. The van der Waals surface area contributed by atoms with Crippen LogP contribution in [0.4, 0.5) is 0 Å². The number of hydrogen-bond donors (Lipinski definition) is 6. The van der Waals surface area contributed by atoms with E-state index in [4.69, 9.17) is 0 Å². The zero-order valence-electron chi connectivity index (χ0n) is 22.4. The first-order valence-electron chi connectivity index (χ1n) is 13.2. The Hall–Kier alpha value is -2.58. The van der Waals surface area contributed by atoms with Crippen LogP contribution in [-0.2, 0) is 55.9 Å². The summed E-state index contributed by atoms with van der Waals surface area (Å²) in [5, 5.41) is 61.3. The summed E-state index contributed by atoms with van der Waals surface area (Å²) in [6.45, 7) is 7.91. The van der Waals surface area contributed by atoms with Gasteiger partial charge in [0, 0.05) is 21.7 Å². The van der Waals surface area contributed by atoms with Crippen molar-refractivity contribution in [3.8, 4) is 0 Å². The molecule has 6 heteroatoms. The van der Waals surface area contributed by atoms with Crippen LogP contribution >= 0.6 is 0 Å². The highest BCUT2D eigenvalue weighted by molar-refractivity contribution is 5.78. The van der Waals surface area contributed by atoms with Crippen LogP contribution < -0.4 is 0 Å². The summed E-state index contributed by atoms with van der Waals surface area (Å²) in [5.41, 5.74) is 8.52. The van der Waals surface area contributed by atoms with E-state index in [1.54, 1.807) is 0 Å². The van der Waals surface area contributed by atoms with E-state index in [1.807, 2.05) is 36.4 Å². The van der Waals surface area contributed by atoms with Crippen LogP contribution in [0, 0.1) is 5.41 Å². The van der Waals surface area contributed by atoms with E-state index in [2.05, 4.69) is 27.7 Å². The second-order valence-electron chi connectivity index (χ2n) is 11.9. The maximum absolute atomic E-state index is 10.2. The van der Waals surface area contributed by atoms with Gasteiger partial charge in [-0.15, -0.1) is 0 Å². The molecule has 6 rings (SSSR count). The van der Waals surface area contributed by atoms with Crippen molar-refractivity contribution in [3.63, 3.8) is 0 Å². The van der Waals surface area contributed by atoms with Crippen molar-refractivity contribution >= 4 is 0 Å². The van der Waals surface area contributed by atoms with Gasteiger partial charge in [0.15, 0.2) is 0 Å². The van der Waals surface area contributed by atoms with Gasteiger partial charge in [-0.3, -0.25) is 0 Å². The van der Waals surface area contributed by atoms with Crippen LogP contribution in [0.2, 0.25) is 0 Å². The van der Waals surface area contributed by atoms with Crippen LogP contribution in [0.3, 0.4) is 0 Å². The molecule has 0 spiro atoms.